The fourth-order valence-corrected chi connectivity index (χ4v) is 2.76. The van der Waals surface area contributed by atoms with Crippen molar-refractivity contribution in [2.75, 3.05) is 44.2 Å². The van der Waals surface area contributed by atoms with Crippen molar-refractivity contribution in [3.05, 3.63) is 23.8 Å². The number of carbonyl (C=O) groups is 1. The Bertz CT molecular complexity index is 502. The van der Waals surface area contributed by atoms with E-state index in [1.807, 2.05) is 4.90 Å². The van der Waals surface area contributed by atoms with Crippen LogP contribution in [0.2, 0.25) is 0 Å². The van der Waals surface area contributed by atoms with Gasteiger partial charge in [0.05, 0.1) is 0 Å². The van der Waals surface area contributed by atoms with Gasteiger partial charge >= 0.3 is 0 Å². The van der Waals surface area contributed by atoms with Crippen LogP contribution in [0.25, 0.3) is 0 Å². The SMILES string of the molecule is CC(=O)N1CCN(c2ccc3c(c2)OCCNC3)CC1.Cl. The van der Waals surface area contributed by atoms with Crippen LogP contribution in [-0.2, 0) is 11.3 Å². The molecule has 0 aliphatic carbocycles. The second-order valence-electron chi connectivity index (χ2n) is 5.31. The number of hydrogen-bond acceptors (Lipinski definition) is 4. The summed E-state index contributed by atoms with van der Waals surface area (Å²) in [4.78, 5) is 15.6. The van der Waals surface area contributed by atoms with Gasteiger partial charge in [-0.15, -0.1) is 12.4 Å². The van der Waals surface area contributed by atoms with E-state index >= 15 is 0 Å². The van der Waals surface area contributed by atoms with Gasteiger partial charge in [-0.1, -0.05) is 6.07 Å². The van der Waals surface area contributed by atoms with Crippen LogP contribution >= 0.6 is 12.4 Å². The smallest absolute Gasteiger partial charge is 0.219 e. The Morgan fingerprint density at radius 2 is 2.00 bits per heavy atom. The van der Waals surface area contributed by atoms with Crippen molar-refractivity contribution < 1.29 is 9.53 Å². The lowest BCUT2D eigenvalue weighted by molar-refractivity contribution is -0.129. The largest absolute Gasteiger partial charge is 0.492 e. The number of fused-ring (bicyclic) bond motifs is 1. The number of hydrogen-bond donors (Lipinski definition) is 1. The summed E-state index contributed by atoms with van der Waals surface area (Å²) >= 11 is 0. The first-order valence-corrected chi connectivity index (χ1v) is 7.21. The van der Waals surface area contributed by atoms with Crippen molar-refractivity contribution in [3.63, 3.8) is 0 Å². The number of amides is 1. The summed E-state index contributed by atoms with van der Waals surface area (Å²) < 4.78 is 5.79. The summed E-state index contributed by atoms with van der Waals surface area (Å²) in [6, 6.07) is 6.42. The Hall–Kier alpha value is -1.46. The minimum atomic E-state index is 0. The van der Waals surface area contributed by atoms with Gasteiger partial charge in [0.1, 0.15) is 12.4 Å². The minimum Gasteiger partial charge on any atom is -0.492 e. The molecule has 0 saturated carbocycles. The second-order valence-corrected chi connectivity index (χ2v) is 5.31. The fraction of sp³-hybridized carbons (Fsp3) is 0.533. The van der Waals surface area contributed by atoms with Gasteiger partial charge < -0.3 is 19.9 Å². The molecule has 3 rings (SSSR count). The molecule has 1 amide bonds. The number of carbonyl (C=O) groups excluding carboxylic acids is 1. The van der Waals surface area contributed by atoms with E-state index in [4.69, 9.17) is 4.74 Å². The first-order valence-electron chi connectivity index (χ1n) is 7.21. The molecule has 5 nitrogen and oxygen atoms in total. The van der Waals surface area contributed by atoms with E-state index in [1.54, 1.807) is 6.92 Å². The predicted octanol–water partition coefficient (Wildman–Crippen LogP) is 1.26. The second kappa shape index (κ2) is 7.00. The number of rotatable bonds is 1. The number of nitrogens with one attached hydrogen (secondary N) is 1. The molecule has 0 spiro atoms. The Morgan fingerprint density at radius 1 is 1.24 bits per heavy atom. The highest BCUT2D eigenvalue weighted by Crippen LogP contribution is 2.27. The number of benzene rings is 1. The van der Waals surface area contributed by atoms with Crippen LogP contribution in [0.5, 0.6) is 5.75 Å². The van der Waals surface area contributed by atoms with E-state index in [1.165, 1.54) is 11.3 Å². The first-order chi connectivity index (χ1) is 9.74. The molecule has 1 aromatic carbocycles. The van der Waals surface area contributed by atoms with Crippen LogP contribution in [-0.4, -0.2) is 50.1 Å². The number of halogens is 1. The molecule has 0 bridgehead atoms. The van der Waals surface area contributed by atoms with Crippen molar-refractivity contribution in [1.82, 2.24) is 10.2 Å². The molecule has 1 N–H and O–H groups in total. The Morgan fingerprint density at radius 3 is 2.71 bits per heavy atom. The molecule has 21 heavy (non-hydrogen) atoms. The zero-order valence-corrected chi connectivity index (χ0v) is 13.1. The predicted molar refractivity (Wildman–Crippen MR) is 85.4 cm³/mol. The highest BCUT2D eigenvalue weighted by molar-refractivity contribution is 5.85. The lowest BCUT2D eigenvalue weighted by atomic mass is 10.1. The van der Waals surface area contributed by atoms with E-state index in [2.05, 4.69) is 28.4 Å². The van der Waals surface area contributed by atoms with Crippen molar-refractivity contribution in [2.24, 2.45) is 0 Å². The van der Waals surface area contributed by atoms with Crippen molar-refractivity contribution in [3.8, 4) is 5.75 Å². The zero-order chi connectivity index (χ0) is 13.9. The molecule has 0 radical (unpaired) electrons. The quantitative estimate of drug-likeness (QED) is 0.848. The number of piperazine rings is 1. The fourth-order valence-electron chi connectivity index (χ4n) is 2.76. The van der Waals surface area contributed by atoms with E-state index in [9.17, 15) is 4.79 Å². The topological polar surface area (TPSA) is 44.8 Å². The van der Waals surface area contributed by atoms with Gasteiger partial charge in [0.25, 0.3) is 0 Å². The van der Waals surface area contributed by atoms with E-state index in [-0.39, 0.29) is 18.3 Å². The third-order valence-electron chi connectivity index (χ3n) is 3.99. The van der Waals surface area contributed by atoms with E-state index in [0.29, 0.717) is 6.61 Å². The van der Waals surface area contributed by atoms with Gasteiger partial charge in [-0.05, 0) is 6.07 Å². The third kappa shape index (κ3) is 3.60. The molecule has 2 aliphatic rings. The molecule has 1 fully saturated rings. The summed E-state index contributed by atoms with van der Waals surface area (Å²) in [6.45, 7) is 7.49. The van der Waals surface area contributed by atoms with Crippen LogP contribution < -0.4 is 15.0 Å². The normalized spacial score (nSPS) is 18.1. The van der Waals surface area contributed by atoms with E-state index in [0.717, 1.165) is 45.0 Å². The zero-order valence-electron chi connectivity index (χ0n) is 12.3. The number of anilines is 1. The monoisotopic (exact) mass is 311 g/mol. The average molecular weight is 312 g/mol. The molecule has 6 heteroatoms. The van der Waals surface area contributed by atoms with Crippen LogP contribution in [0.15, 0.2) is 18.2 Å². The summed E-state index contributed by atoms with van der Waals surface area (Å²) in [5.74, 6) is 1.16. The van der Waals surface area contributed by atoms with Gasteiger partial charge in [-0.3, -0.25) is 4.79 Å². The van der Waals surface area contributed by atoms with Crippen molar-refractivity contribution >= 4 is 24.0 Å². The molecule has 0 atom stereocenters. The molecule has 0 aromatic heterocycles. The maximum absolute atomic E-state index is 11.4. The Kier molecular flexibility index (Phi) is 5.31. The molecule has 1 saturated heterocycles. The van der Waals surface area contributed by atoms with Crippen molar-refractivity contribution in [2.45, 2.75) is 13.5 Å². The lowest BCUT2D eigenvalue weighted by Crippen LogP contribution is -2.48. The molecular weight excluding hydrogens is 290 g/mol. The molecule has 1 aromatic rings. The van der Waals surface area contributed by atoms with Gasteiger partial charge in [-0.2, -0.15) is 0 Å². The molecule has 0 unspecified atom stereocenters. The number of nitrogens with zero attached hydrogens (tertiary/aromatic N) is 2. The van der Waals surface area contributed by atoms with Crippen molar-refractivity contribution in [1.29, 1.82) is 0 Å². The summed E-state index contributed by atoms with van der Waals surface area (Å²) in [5.41, 5.74) is 2.41. The number of ether oxygens (including phenoxy) is 1. The molecular formula is C15H22ClN3O2. The molecule has 116 valence electrons. The highest BCUT2D eigenvalue weighted by atomic mass is 35.5. The van der Waals surface area contributed by atoms with Crippen LogP contribution in [0, 0.1) is 0 Å². The van der Waals surface area contributed by atoms with Crippen LogP contribution in [0.3, 0.4) is 0 Å². The molecule has 2 aliphatic heterocycles. The molecule has 2 heterocycles. The summed E-state index contributed by atoms with van der Waals surface area (Å²) in [5, 5.41) is 3.34. The maximum atomic E-state index is 11.4. The van der Waals surface area contributed by atoms with Gasteiger partial charge in [0, 0.05) is 63.5 Å². The first kappa shape index (κ1) is 15.9. The Labute approximate surface area is 131 Å². The highest BCUT2D eigenvalue weighted by Gasteiger charge is 2.20. The van der Waals surface area contributed by atoms with Gasteiger partial charge in [-0.25, -0.2) is 0 Å². The maximum Gasteiger partial charge on any atom is 0.219 e. The van der Waals surface area contributed by atoms with Gasteiger partial charge in [0.2, 0.25) is 5.91 Å². The minimum absolute atomic E-state index is 0. The van der Waals surface area contributed by atoms with Crippen LogP contribution in [0.1, 0.15) is 12.5 Å². The third-order valence-corrected chi connectivity index (χ3v) is 3.99. The lowest BCUT2D eigenvalue weighted by Gasteiger charge is -2.35. The summed E-state index contributed by atoms with van der Waals surface area (Å²) in [6.07, 6.45) is 0. The summed E-state index contributed by atoms with van der Waals surface area (Å²) in [7, 11) is 0. The standard InChI is InChI=1S/C15H21N3O2.ClH/c1-12(19)17-5-7-18(8-6-17)14-3-2-13-11-16-4-9-20-15(13)10-14;/h2-3,10,16H,4-9,11H2,1H3;1H. The average Bonchev–Trinajstić information content (AvgIpc) is 2.71. The van der Waals surface area contributed by atoms with E-state index < -0.39 is 0 Å². The Balaban J connectivity index is 0.00000161. The van der Waals surface area contributed by atoms with Crippen LogP contribution in [0.4, 0.5) is 5.69 Å². The van der Waals surface area contributed by atoms with Gasteiger partial charge in [0.15, 0.2) is 0 Å².